The van der Waals surface area contributed by atoms with Crippen molar-refractivity contribution in [3.05, 3.63) is 35.9 Å². The smallest absolute Gasteiger partial charge is 0.237 e. The molecule has 0 aromatic heterocycles. The summed E-state index contributed by atoms with van der Waals surface area (Å²) in [6, 6.07) is 10.8. The van der Waals surface area contributed by atoms with Gasteiger partial charge in [-0.3, -0.25) is 9.69 Å². The van der Waals surface area contributed by atoms with E-state index in [1.807, 2.05) is 23.1 Å². The number of benzene rings is 1. The van der Waals surface area contributed by atoms with E-state index in [0.29, 0.717) is 25.0 Å². The maximum absolute atomic E-state index is 12.9. The zero-order valence-electron chi connectivity index (χ0n) is 14.0. The predicted octanol–water partition coefficient (Wildman–Crippen LogP) is 2.27. The van der Waals surface area contributed by atoms with Gasteiger partial charge in [0.2, 0.25) is 5.91 Å². The molecule has 0 radical (unpaired) electrons. The van der Waals surface area contributed by atoms with Crippen molar-refractivity contribution in [2.45, 2.75) is 51.2 Å². The fourth-order valence-corrected chi connectivity index (χ4v) is 3.68. The number of piperidine rings is 1. The highest BCUT2D eigenvalue weighted by molar-refractivity contribution is 5.79. The Morgan fingerprint density at radius 1 is 1.26 bits per heavy atom. The van der Waals surface area contributed by atoms with Crippen molar-refractivity contribution in [2.24, 2.45) is 5.92 Å². The maximum atomic E-state index is 12.9. The molecule has 1 heterocycles. The molecule has 23 heavy (non-hydrogen) atoms. The Morgan fingerprint density at radius 2 is 2.00 bits per heavy atom. The lowest BCUT2D eigenvalue weighted by Crippen LogP contribution is -2.51. The van der Waals surface area contributed by atoms with Crippen LogP contribution in [0, 0.1) is 5.92 Å². The Kier molecular flexibility index (Phi) is 5.34. The SMILES string of the molecule is CC1CCCN(CC(=O)N(Cc2ccccc2)C2CC2)C1CO. The largest absolute Gasteiger partial charge is 0.395 e. The van der Waals surface area contributed by atoms with Gasteiger partial charge in [-0.05, 0) is 43.7 Å². The fourth-order valence-electron chi connectivity index (χ4n) is 3.68. The zero-order chi connectivity index (χ0) is 16.2. The molecule has 1 amide bonds. The van der Waals surface area contributed by atoms with Crippen molar-refractivity contribution in [3.8, 4) is 0 Å². The maximum Gasteiger partial charge on any atom is 0.237 e. The first kappa shape index (κ1) is 16.5. The molecule has 3 rings (SSSR count). The first-order chi connectivity index (χ1) is 11.2. The number of aliphatic hydroxyl groups excluding tert-OH is 1. The Balaban J connectivity index is 1.64. The Bertz CT molecular complexity index is 515. The van der Waals surface area contributed by atoms with E-state index in [1.54, 1.807) is 0 Å². The monoisotopic (exact) mass is 316 g/mol. The number of rotatable bonds is 6. The van der Waals surface area contributed by atoms with Crippen LogP contribution in [0.5, 0.6) is 0 Å². The predicted molar refractivity (Wildman–Crippen MR) is 90.9 cm³/mol. The van der Waals surface area contributed by atoms with Gasteiger partial charge < -0.3 is 10.0 Å². The summed E-state index contributed by atoms with van der Waals surface area (Å²) in [6.07, 6.45) is 4.51. The molecule has 1 saturated heterocycles. The van der Waals surface area contributed by atoms with Crippen LogP contribution in [0.4, 0.5) is 0 Å². The second kappa shape index (κ2) is 7.45. The summed E-state index contributed by atoms with van der Waals surface area (Å²) in [4.78, 5) is 17.1. The van der Waals surface area contributed by atoms with Gasteiger partial charge >= 0.3 is 0 Å². The quantitative estimate of drug-likeness (QED) is 0.875. The molecule has 2 fully saturated rings. The number of aliphatic hydroxyl groups is 1. The Labute approximate surface area is 139 Å². The number of nitrogens with zero attached hydrogens (tertiary/aromatic N) is 2. The van der Waals surface area contributed by atoms with Crippen molar-refractivity contribution < 1.29 is 9.90 Å². The van der Waals surface area contributed by atoms with Crippen molar-refractivity contribution >= 4 is 5.91 Å². The molecule has 4 nitrogen and oxygen atoms in total. The van der Waals surface area contributed by atoms with Gasteiger partial charge in [-0.25, -0.2) is 0 Å². The summed E-state index contributed by atoms with van der Waals surface area (Å²) in [7, 11) is 0. The second-order valence-electron chi connectivity index (χ2n) is 7.08. The van der Waals surface area contributed by atoms with Crippen LogP contribution < -0.4 is 0 Å². The normalized spacial score (nSPS) is 25.3. The molecule has 126 valence electrons. The molecule has 1 aliphatic heterocycles. The molecule has 1 aromatic rings. The van der Waals surface area contributed by atoms with Crippen molar-refractivity contribution in [1.82, 2.24) is 9.80 Å². The van der Waals surface area contributed by atoms with Gasteiger partial charge in [0.25, 0.3) is 0 Å². The van der Waals surface area contributed by atoms with E-state index >= 15 is 0 Å². The van der Waals surface area contributed by atoms with E-state index in [0.717, 1.165) is 32.2 Å². The molecule has 2 aliphatic rings. The number of hydrogen-bond acceptors (Lipinski definition) is 3. The van der Waals surface area contributed by atoms with E-state index in [9.17, 15) is 9.90 Å². The number of amides is 1. The third-order valence-electron chi connectivity index (χ3n) is 5.26. The highest BCUT2D eigenvalue weighted by Gasteiger charge is 2.35. The van der Waals surface area contributed by atoms with Crippen LogP contribution >= 0.6 is 0 Å². The Morgan fingerprint density at radius 3 is 2.65 bits per heavy atom. The molecule has 4 heteroatoms. The minimum absolute atomic E-state index is 0.130. The molecule has 1 N–H and O–H groups in total. The number of hydrogen-bond donors (Lipinski definition) is 1. The van der Waals surface area contributed by atoms with Crippen LogP contribution in [0.3, 0.4) is 0 Å². The van der Waals surface area contributed by atoms with Gasteiger partial charge in [-0.2, -0.15) is 0 Å². The topological polar surface area (TPSA) is 43.8 Å². The lowest BCUT2D eigenvalue weighted by molar-refractivity contribution is -0.135. The second-order valence-corrected chi connectivity index (χ2v) is 7.08. The van der Waals surface area contributed by atoms with Gasteiger partial charge in [-0.15, -0.1) is 0 Å². The number of likely N-dealkylation sites (tertiary alicyclic amines) is 1. The molecular formula is C19H28N2O2. The van der Waals surface area contributed by atoms with Gasteiger partial charge in [0.1, 0.15) is 0 Å². The van der Waals surface area contributed by atoms with Crippen LogP contribution in [-0.4, -0.2) is 52.6 Å². The van der Waals surface area contributed by atoms with Crippen molar-refractivity contribution in [2.75, 3.05) is 19.7 Å². The van der Waals surface area contributed by atoms with Crippen LogP contribution in [-0.2, 0) is 11.3 Å². The summed E-state index contributed by atoms with van der Waals surface area (Å²) in [5.41, 5.74) is 1.19. The third kappa shape index (κ3) is 4.12. The van der Waals surface area contributed by atoms with Crippen molar-refractivity contribution in [3.63, 3.8) is 0 Å². The van der Waals surface area contributed by atoms with E-state index < -0.39 is 0 Å². The van der Waals surface area contributed by atoms with Crippen LogP contribution in [0.25, 0.3) is 0 Å². The minimum atomic E-state index is 0.130. The molecular weight excluding hydrogens is 288 g/mol. The summed E-state index contributed by atoms with van der Waals surface area (Å²) >= 11 is 0. The van der Waals surface area contributed by atoms with E-state index in [4.69, 9.17) is 0 Å². The fraction of sp³-hybridized carbons (Fsp3) is 0.632. The lowest BCUT2D eigenvalue weighted by Gasteiger charge is -2.39. The number of carbonyl (C=O) groups excluding carboxylic acids is 1. The lowest BCUT2D eigenvalue weighted by atomic mass is 9.91. The van der Waals surface area contributed by atoms with Crippen LogP contribution in [0.1, 0.15) is 38.2 Å². The zero-order valence-corrected chi connectivity index (χ0v) is 14.0. The Hall–Kier alpha value is -1.39. The molecule has 2 unspecified atom stereocenters. The van der Waals surface area contributed by atoms with Gasteiger partial charge in [0.05, 0.1) is 13.2 Å². The first-order valence-electron chi connectivity index (χ1n) is 8.87. The minimum Gasteiger partial charge on any atom is -0.395 e. The molecule has 1 saturated carbocycles. The van der Waals surface area contributed by atoms with Crippen LogP contribution in [0.2, 0.25) is 0 Å². The van der Waals surface area contributed by atoms with Gasteiger partial charge in [0, 0.05) is 18.6 Å². The highest BCUT2D eigenvalue weighted by Crippen LogP contribution is 2.29. The molecule has 0 spiro atoms. The average molecular weight is 316 g/mol. The molecule has 0 bridgehead atoms. The van der Waals surface area contributed by atoms with Crippen LogP contribution in [0.15, 0.2) is 30.3 Å². The molecule has 1 aromatic carbocycles. The summed E-state index contributed by atoms with van der Waals surface area (Å²) in [5, 5.41) is 9.67. The summed E-state index contributed by atoms with van der Waals surface area (Å²) < 4.78 is 0. The van der Waals surface area contributed by atoms with E-state index in [-0.39, 0.29) is 18.6 Å². The highest BCUT2D eigenvalue weighted by atomic mass is 16.3. The first-order valence-corrected chi connectivity index (χ1v) is 8.87. The standard InChI is InChI=1S/C19H28N2O2/c1-15-6-5-11-20(18(15)14-22)13-19(23)21(17-9-10-17)12-16-7-3-2-4-8-16/h2-4,7-8,15,17-18,22H,5-6,9-14H2,1H3. The average Bonchev–Trinajstić information content (AvgIpc) is 3.38. The van der Waals surface area contributed by atoms with Gasteiger partial charge in [-0.1, -0.05) is 37.3 Å². The molecule has 1 aliphatic carbocycles. The summed E-state index contributed by atoms with van der Waals surface area (Å²) in [5.74, 6) is 0.675. The third-order valence-corrected chi connectivity index (χ3v) is 5.26. The molecule has 2 atom stereocenters. The number of carbonyl (C=O) groups is 1. The van der Waals surface area contributed by atoms with Crippen molar-refractivity contribution in [1.29, 1.82) is 0 Å². The summed E-state index contributed by atoms with van der Waals surface area (Å²) in [6.45, 7) is 4.40. The van der Waals surface area contributed by atoms with E-state index in [1.165, 1.54) is 5.56 Å². The van der Waals surface area contributed by atoms with Gasteiger partial charge in [0.15, 0.2) is 0 Å². The van der Waals surface area contributed by atoms with E-state index in [2.05, 4.69) is 24.0 Å².